The molecule has 1 aliphatic carbocycles. The average molecular weight is 232 g/mol. The summed E-state index contributed by atoms with van der Waals surface area (Å²) in [6.07, 6.45) is 0.923. The van der Waals surface area contributed by atoms with Gasteiger partial charge >= 0.3 is 5.97 Å². The van der Waals surface area contributed by atoms with Gasteiger partial charge in [-0.15, -0.1) is 0 Å². The smallest absolute Gasteiger partial charge is 0.333 e. The van der Waals surface area contributed by atoms with E-state index >= 15 is 0 Å². The van der Waals surface area contributed by atoms with Crippen molar-refractivity contribution in [1.29, 1.82) is 0 Å². The summed E-state index contributed by atoms with van der Waals surface area (Å²) in [4.78, 5) is 11.4. The summed E-state index contributed by atoms with van der Waals surface area (Å²) in [5.74, 6) is -0.675. The number of benzene rings is 1. The average Bonchev–Trinajstić information content (AvgIpc) is 2.38. The largest absolute Gasteiger partial charge is 0.466 e. The zero-order chi connectivity index (χ0) is 12.4. The van der Waals surface area contributed by atoms with Gasteiger partial charge in [-0.05, 0) is 24.0 Å². The fourth-order valence-electron chi connectivity index (χ4n) is 2.38. The summed E-state index contributed by atoms with van der Waals surface area (Å²) in [6.45, 7) is 3.74. The van der Waals surface area contributed by atoms with E-state index in [4.69, 9.17) is 0 Å². The lowest BCUT2D eigenvalue weighted by atomic mass is 9.78. The number of ether oxygens (including phenoxy) is 1. The van der Waals surface area contributed by atoms with E-state index in [0.717, 1.165) is 24.0 Å². The minimum atomic E-state index is -0.661. The maximum absolute atomic E-state index is 11.4. The Bertz CT molecular complexity index is 451. The number of rotatable bonds is 2. The van der Waals surface area contributed by atoms with Crippen LogP contribution in [0, 0.1) is 5.92 Å². The van der Waals surface area contributed by atoms with E-state index in [1.54, 1.807) is 0 Å². The van der Waals surface area contributed by atoms with Crippen LogP contribution in [0.3, 0.4) is 0 Å². The van der Waals surface area contributed by atoms with Gasteiger partial charge < -0.3 is 9.84 Å². The molecule has 0 heterocycles. The third-order valence-electron chi connectivity index (χ3n) is 3.37. The summed E-state index contributed by atoms with van der Waals surface area (Å²) < 4.78 is 4.65. The molecular formula is C14H16O3. The molecule has 0 bridgehead atoms. The Morgan fingerprint density at radius 3 is 2.88 bits per heavy atom. The van der Waals surface area contributed by atoms with E-state index < -0.39 is 12.1 Å². The van der Waals surface area contributed by atoms with Crippen molar-refractivity contribution >= 4 is 5.97 Å². The molecule has 3 heteroatoms. The summed E-state index contributed by atoms with van der Waals surface area (Å²) >= 11 is 0. The molecule has 1 unspecified atom stereocenters. The summed E-state index contributed by atoms with van der Waals surface area (Å²) in [6, 6.07) is 7.76. The highest BCUT2D eigenvalue weighted by Crippen LogP contribution is 2.37. The molecule has 0 amide bonds. The molecule has 0 fully saturated rings. The van der Waals surface area contributed by atoms with Crippen molar-refractivity contribution in [3.63, 3.8) is 0 Å². The Hall–Kier alpha value is -1.61. The van der Waals surface area contributed by atoms with Crippen LogP contribution in [0.15, 0.2) is 36.4 Å². The number of carbonyl (C=O) groups excluding carboxylic acids is 1. The first-order valence-corrected chi connectivity index (χ1v) is 5.68. The molecule has 0 saturated heterocycles. The van der Waals surface area contributed by atoms with Crippen LogP contribution in [0.4, 0.5) is 0 Å². The zero-order valence-corrected chi connectivity index (χ0v) is 9.85. The predicted octanol–water partition coefficient (Wildman–Crippen LogP) is 2.01. The molecule has 1 aliphatic rings. The first-order chi connectivity index (χ1) is 8.15. The van der Waals surface area contributed by atoms with Crippen molar-refractivity contribution in [1.82, 2.24) is 0 Å². The van der Waals surface area contributed by atoms with E-state index in [1.165, 1.54) is 7.11 Å². The van der Waals surface area contributed by atoms with Crippen LogP contribution in [0.25, 0.3) is 0 Å². The number of methoxy groups -OCH3 is 1. The molecule has 3 nitrogen and oxygen atoms in total. The van der Waals surface area contributed by atoms with Gasteiger partial charge in [-0.1, -0.05) is 30.8 Å². The molecule has 1 aromatic rings. The molecule has 0 spiro atoms. The summed E-state index contributed by atoms with van der Waals surface area (Å²) in [5, 5.41) is 10.3. The van der Waals surface area contributed by atoms with Gasteiger partial charge in [0.1, 0.15) is 0 Å². The molecular weight excluding hydrogens is 216 g/mol. The van der Waals surface area contributed by atoms with Crippen LogP contribution >= 0.6 is 0 Å². The third-order valence-corrected chi connectivity index (χ3v) is 3.37. The fourth-order valence-corrected chi connectivity index (χ4v) is 2.38. The van der Waals surface area contributed by atoms with Crippen LogP contribution in [0.2, 0.25) is 0 Å². The Balaban J connectivity index is 2.26. The SMILES string of the molecule is C=C(C(=O)OC)[C@H]1CCc2ccccc2C1O. The molecule has 17 heavy (non-hydrogen) atoms. The molecule has 0 radical (unpaired) electrons. The van der Waals surface area contributed by atoms with E-state index in [1.807, 2.05) is 24.3 Å². The van der Waals surface area contributed by atoms with Gasteiger partial charge in [0.05, 0.1) is 13.2 Å². The number of hydrogen-bond acceptors (Lipinski definition) is 3. The lowest BCUT2D eigenvalue weighted by Crippen LogP contribution is -2.25. The highest BCUT2D eigenvalue weighted by atomic mass is 16.5. The summed E-state index contributed by atoms with van der Waals surface area (Å²) in [5.41, 5.74) is 2.40. The maximum Gasteiger partial charge on any atom is 0.333 e. The Morgan fingerprint density at radius 2 is 2.18 bits per heavy atom. The van der Waals surface area contributed by atoms with Gasteiger partial charge in [-0.3, -0.25) is 0 Å². The van der Waals surface area contributed by atoms with Gasteiger partial charge in [0, 0.05) is 11.5 Å². The van der Waals surface area contributed by atoms with Crippen molar-refractivity contribution in [2.24, 2.45) is 5.92 Å². The highest BCUT2D eigenvalue weighted by molar-refractivity contribution is 5.88. The maximum atomic E-state index is 11.4. The Kier molecular flexibility index (Phi) is 3.29. The van der Waals surface area contributed by atoms with E-state index in [0.29, 0.717) is 5.57 Å². The van der Waals surface area contributed by atoms with Gasteiger partial charge in [-0.2, -0.15) is 0 Å². The molecule has 0 saturated carbocycles. The van der Waals surface area contributed by atoms with E-state index in [-0.39, 0.29) is 5.92 Å². The second-order valence-electron chi connectivity index (χ2n) is 4.31. The number of fused-ring (bicyclic) bond motifs is 1. The number of aliphatic hydroxyl groups is 1. The van der Waals surface area contributed by atoms with Crippen LogP contribution in [0.5, 0.6) is 0 Å². The van der Waals surface area contributed by atoms with Gasteiger partial charge in [0.25, 0.3) is 0 Å². The number of carbonyl (C=O) groups is 1. The van der Waals surface area contributed by atoms with Gasteiger partial charge in [-0.25, -0.2) is 4.79 Å². The number of aryl methyl sites for hydroxylation is 1. The fraction of sp³-hybridized carbons (Fsp3) is 0.357. The second-order valence-corrected chi connectivity index (χ2v) is 4.31. The van der Waals surface area contributed by atoms with Crippen LogP contribution in [0.1, 0.15) is 23.7 Å². The van der Waals surface area contributed by atoms with Crippen LogP contribution in [-0.2, 0) is 16.0 Å². The normalized spacial score (nSPS) is 22.7. The Morgan fingerprint density at radius 1 is 1.47 bits per heavy atom. The highest BCUT2D eigenvalue weighted by Gasteiger charge is 2.32. The molecule has 2 atom stereocenters. The number of hydrogen-bond donors (Lipinski definition) is 1. The van der Waals surface area contributed by atoms with Crippen LogP contribution < -0.4 is 0 Å². The molecule has 0 aromatic heterocycles. The van der Waals surface area contributed by atoms with Crippen LogP contribution in [-0.4, -0.2) is 18.2 Å². The number of esters is 1. The van der Waals surface area contributed by atoms with Crippen molar-refractivity contribution in [2.45, 2.75) is 18.9 Å². The van der Waals surface area contributed by atoms with Crippen molar-refractivity contribution < 1.29 is 14.6 Å². The van der Waals surface area contributed by atoms with Crippen molar-refractivity contribution in [3.8, 4) is 0 Å². The minimum Gasteiger partial charge on any atom is -0.466 e. The monoisotopic (exact) mass is 232 g/mol. The molecule has 1 aromatic carbocycles. The zero-order valence-electron chi connectivity index (χ0n) is 9.85. The molecule has 1 N–H and O–H groups in total. The van der Waals surface area contributed by atoms with Gasteiger partial charge in [0.15, 0.2) is 0 Å². The molecule has 2 rings (SSSR count). The first kappa shape index (κ1) is 11.9. The molecule has 0 aliphatic heterocycles. The van der Waals surface area contributed by atoms with E-state index in [2.05, 4.69) is 11.3 Å². The van der Waals surface area contributed by atoms with Crippen molar-refractivity contribution in [3.05, 3.63) is 47.5 Å². The third kappa shape index (κ3) is 2.11. The molecule has 90 valence electrons. The lowest BCUT2D eigenvalue weighted by Gasteiger charge is -2.30. The van der Waals surface area contributed by atoms with E-state index in [9.17, 15) is 9.90 Å². The number of aliphatic hydroxyl groups excluding tert-OH is 1. The standard InChI is InChI=1S/C14H16O3/c1-9(14(16)17-2)11-8-7-10-5-3-4-6-12(10)13(11)15/h3-6,11,13,15H,1,7-8H2,2H3/t11-,13?/m1/s1. The lowest BCUT2D eigenvalue weighted by molar-refractivity contribution is -0.137. The minimum absolute atomic E-state index is 0.239. The first-order valence-electron chi connectivity index (χ1n) is 5.68. The van der Waals surface area contributed by atoms with Crippen molar-refractivity contribution in [2.75, 3.05) is 7.11 Å². The van der Waals surface area contributed by atoms with Gasteiger partial charge in [0.2, 0.25) is 0 Å². The predicted molar refractivity (Wildman–Crippen MR) is 64.4 cm³/mol. The topological polar surface area (TPSA) is 46.5 Å². The summed E-state index contributed by atoms with van der Waals surface area (Å²) in [7, 11) is 1.33. The Labute approximate surface area is 101 Å². The quantitative estimate of drug-likeness (QED) is 0.626. The second kappa shape index (κ2) is 4.72.